The minimum Gasteiger partial charge on any atom is -0.494 e. The van der Waals surface area contributed by atoms with Crippen molar-refractivity contribution in [1.82, 2.24) is 5.43 Å². The zero-order chi connectivity index (χ0) is 24.6. The highest BCUT2D eigenvalue weighted by Gasteiger charge is 2.10. The Morgan fingerprint density at radius 1 is 0.943 bits per heavy atom. The van der Waals surface area contributed by atoms with E-state index in [2.05, 4.69) is 10.5 Å². The highest BCUT2D eigenvalue weighted by atomic mass is 35.5. The molecule has 0 unspecified atom stereocenters. The second-order valence-corrected chi connectivity index (χ2v) is 8.62. The Kier molecular flexibility index (Phi) is 8.24. The summed E-state index contributed by atoms with van der Waals surface area (Å²) < 4.78 is 11.7. The van der Waals surface area contributed by atoms with E-state index in [1.807, 2.05) is 49.4 Å². The van der Waals surface area contributed by atoms with Gasteiger partial charge in [0.15, 0.2) is 0 Å². The quantitative estimate of drug-likeness (QED) is 0.191. The number of carbonyl (C=O) groups excluding carboxylic acids is 1. The first-order valence-electron chi connectivity index (χ1n) is 11.2. The van der Waals surface area contributed by atoms with Gasteiger partial charge in [0, 0.05) is 11.1 Å². The van der Waals surface area contributed by atoms with Gasteiger partial charge in [0.2, 0.25) is 0 Å². The predicted molar refractivity (Wildman–Crippen MR) is 142 cm³/mol. The van der Waals surface area contributed by atoms with E-state index in [1.54, 1.807) is 42.6 Å². The Morgan fingerprint density at radius 3 is 2.51 bits per heavy atom. The Labute approximate surface area is 214 Å². The SMILES string of the molecule is CCCOc1ccc(C(=O)N/N=C\c2c(OCc3ccc(Cl)c(Cl)c3)ccc3ccccc23)cc1. The molecule has 4 aromatic rings. The van der Waals surface area contributed by atoms with Crippen molar-refractivity contribution in [3.63, 3.8) is 0 Å². The van der Waals surface area contributed by atoms with E-state index in [4.69, 9.17) is 32.7 Å². The molecule has 1 N–H and O–H groups in total. The van der Waals surface area contributed by atoms with Crippen molar-refractivity contribution < 1.29 is 14.3 Å². The van der Waals surface area contributed by atoms with Gasteiger partial charge in [-0.3, -0.25) is 4.79 Å². The molecular weight excluding hydrogens is 483 g/mol. The maximum atomic E-state index is 12.6. The molecule has 0 aromatic heterocycles. The van der Waals surface area contributed by atoms with Crippen molar-refractivity contribution >= 4 is 46.1 Å². The summed E-state index contributed by atoms with van der Waals surface area (Å²) in [5.74, 6) is 1.04. The van der Waals surface area contributed by atoms with Crippen LogP contribution in [-0.2, 0) is 6.61 Å². The molecular formula is C28H24Cl2N2O3. The summed E-state index contributed by atoms with van der Waals surface area (Å²) in [6, 6.07) is 24.1. The van der Waals surface area contributed by atoms with Gasteiger partial charge in [0.05, 0.1) is 22.9 Å². The largest absolute Gasteiger partial charge is 0.494 e. The van der Waals surface area contributed by atoms with Crippen LogP contribution < -0.4 is 14.9 Å². The molecule has 178 valence electrons. The van der Waals surface area contributed by atoms with E-state index in [9.17, 15) is 4.79 Å². The topological polar surface area (TPSA) is 59.9 Å². The second-order valence-electron chi connectivity index (χ2n) is 7.81. The third-order valence-corrected chi connectivity index (χ3v) is 6.00. The number of nitrogens with zero attached hydrogens (tertiary/aromatic N) is 1. The first-order valence-corrected chi connectivity index (χ1v) is 12.0. The number of carbonyl (C=O) groups is 1. The van der Waals surface area contributed by atoms with Crippen LogP contribution in [0.1, 0.15) is 34.8 Å². The van der Waals surface area contributed by atoms with Gasteiger partial charge in [-0.25, -0.2) is 5.43 Å². The summed E-state index contributed by atoms with van der Waals surface area (Å²) >= 11 is 12.1. The minimum absolute atomic E-state index is 0.300. The third-order valence-electron chi connectivity index (χ3n) is 5.26. The molecule has 0 bridgehead atoms. The van der Waals surface area contributed by atoms with E-state index in [0.717, 1.165) is 34.1 Å². The zero-order valence-corrected chi connectivity index (χ0v) is 20.6. The maximum absolute atomic E-state index is 12.6. The van der Waals surface area contributed by atoms with Crippen molar-refractivity contribution in [2.75, 3.05) is 6.61 Å². The molecule has 0 atom stereocenters. The summed E-state index contributed by atoms with van der Waals surface area (Å²) in [4.78, 5) is 12.6. The van der Waals surface area contributed by atoms with Gasteiger partial charge >= 0.3 is 0 Å². The molecule has 7 heteroatoms. The van der Waals surface area contributed by atoms with Gasteiger partial charge in [-0.05, 0) is 65.2 Å². The van der Waals surface area contributed by atoms with Crippen LogP contribution in [0.2, 0.25) is 10.0 Å². The van der Waals surface area contributed by atoms with Crippen molar-refractivity contribution in [2.24, 2.45) is 5.10 Å². The standard InChI is InChI=1S/C28H24Cl2N2O3/c1-2-15-34-22-11-8-21(9-12-22)28(33)32-31-17-24-23-6-4-3-5-20(23)10-14-27(24)35-18-19-7-13-25(29)26(30)16-19/h3-14,16-17H,2,15,18H2,1H3,(H,32,33)/b31-17-. The molecule has 0 fully saturated rings. The van der Waals surface area contributed by atoms with Crippen LogP contribution in [0.25, 0.3) is 10.8 Å². The average Bonchev–Trinajstić information content (AvgIpc) is 2.89. The molecule has 0 heterocycles. The Hall–Kier alpha value is -3.54. The molecule has 0 aliphatic carbocycles. The molecule has 5 nitrogen and oxygen atoms in total. The van der Waals surface area contributed by atoms with Gasteiger partial charge in [0.25, 0.3) is 5.91 Å². The van der Waals surface area contributed by atoms with Crippen LogP contribution in [0, 0.1) is 0 Å². The molecule has 0 radical (unpaired) electrons. The molecule has 4 aromatic carbocycles. The van der Waals surface area contributed by atoms with E-state index in [1.165, 1.54) is 0 Å². The first-order chi connectivity index (χ1) is 17.0. The second kappa shape index (κ2) is 11.7. The number of rotatable bonds is 9. The van der Waals surface area contributed by atoms with Crippen LogP contribution in [0.5, 0.6) is 11.5 Å². The van der Waals surface area contributed by atoms with Crippen LogP contribution >= 0.6 is 23.2 Å². The summed E-state index contributed by atoms with van der Waals surface area (Å²) in [6.07, 6.45) is 2.52. The van der Waals surface area contributed by atoms with E-state index in [-0.39, 0.29) is 5.91 Å². The van der Waals surface area contributed by atoms with Crippen molar-refractivity contribution in [3.05, 3.63) is 106 Å². The van der Waals surface area contributed by atoms with Crippen LogP contribution in [0.4, 0.5) is 0 Å². The molecule has 35 heavy (non-hydrogen) atoms. The molecule has 0 saturated heterocycles. The first kappa shape index (κ1) is 24.6. The number of halogens is 2. The molecule has 0 saturated carbocycles. The van der Waals surface area contributed by atoms with E-state index in [0.29, 0.717) is 34.6 Å². The third kappa shape index (κ3) is 6.32. The van der Waals surface area contributed by atoms with Gasteiger partial charge in [-0.15, -0.1) is 0 Å². The number of hydrogen-bond acceptors (Lipinski definition) is 4. The maximum Gasteiger partial charge on any atom is 0.271 e. The number of amides is 1. The zero-order valence-electron chi connectivity index (χ0n) is 19.1. The summed E-state index contributed by atoms with van der Waals surface area (Å²) in [7, 11) is 0. The van der Waals surface area contributed by atoms with E-state index < -0.39 is 0 Å². The molecule has 0 aliphatic rings. The van der Waals surface area contributed by atoms with Crippen LogP contribution in [0.15, 0.2) is 84.0 Å². The van der Waals surface area contributed by atoms with Gasteiger partial charge in [0.1, 0.15) is 18.1 Å². The Morgan fingerprint density at radius 2 is 1.74 bits per heavy atom. The Balaban J connectivity index is 1.51. The lowest BCUT2D eigenvalue weighted by Gasteiger charge is -2.12. The van der Waals surface area contributed by atoms with Crippen molar-refractivity contribution in [3.8, 4) is 11.5 Å². The number of ether oxygens (including phenoxy) is 2. The molecule has 1 amide bonds. The highest BCUT2D eigenvalue weighted by molar-refractivity contribution is 6.42. The smallest absolute Gasteiger partial charge is 0.271 e. The van der Waals surface area contributed by atoms with Crippen molar-refractivity contribution in [1.29, 1.82) is 0 Å². The molecule has 4 rings (SSSR count). The van der Waals surface area contributed by atoms with Crippen molar-refractivity contribution in [2.45, 2.75) is 20.0 Å². The lowest BCUT2D eigenvalue weighted by molar-refractivity contribution is 0.0955. The fraction of sp³-hybridized carbons (Fsp3) is 0.143. The van der Waals surface area contributed by atoms with Gasteiger partial charge in [-0.2, -0.15) is 5.10 Å². The number of benzene rings is 4. The molecule has 0 aliphatic heterocycles. The summed E-state index contributed by atoms with van der Waals surface area (Å²) in [6.45, 7) is 2.98. The normalized spacial score (nSPS) is 11.1. The van der Waals surface area contributed by atoms with Gasteiger partial charge in [-0.1, -0.05) is 66.5 Å². The molecule has 0 spiro atoms. The highest BCUT2D eigenvalue weighted by Crippen LogP contribution is 2.28. The fourth-order valence-electron chi connectivity index (χ4n) is 3.47. The number of hydrazone groups is 1. The summed E-state index contributed by atoms with van der Waals surface area (Å²) in [5, 5.41) is 7.16. The monoisotopic (exact) mass is 506 g/mol. The van der Waals surface area contributed by atoms with Gasteiger partial charge < -0.3 is 9.47 Å². The predicted octanol–water partition coefficient (Wildman–Crippen LogP) is 7.28. The fourth-order valence-corrected chi connectivity index (χ4v) is 3.79. The van der Waals surface area contributed by atoms with Crippen LogP contribution in [-0.4, -0.2) is 18.7 Å². The Bertz CT molecular complexity index is 1350. The number of nitrogens with one attached hydrogen (secondary N) is 1. The van der Waals surface area contributed by atoms with E-state index >= 15 is 0 Å². The summed E-state index contributed by atoms with van der Waals surface area (Å²) in [5.41, 5.74) is 4.72. The minimum atomic E-state index is -0.318. The average molecular weight is 507 g/mol. The lowest BCUT2D eigenvalue weighted by atomic mass is 10.0. The number of hydrogen-bond donors (Lipinski definition) is 1. The van der Waals surface area contributed by atoms with Crippen LogP contribution in [0.3, 0.4) is 0 Å². The lowest BCUT2D eigenvalue weighted by Crippen LogP contribution is -2.17. The number of fused-ring (bicyclic) bond motifs is 1.